The second-order valence-corrected chi connectivity index (χ2v) is 5.56. The van der Waals surface area contributed by atoms with Crippen LogP contribution in [0.1, 0.15) is 24.5 Å². The number of hydrogen-bond donors (Lipinski definition) is 1. The molecule has 8 heteroatoms. The van der Waals surface area contributed by atoms with Crippen LogP contribution in [0, 0.1) is 0 Å². The molecule has 0 spiro atoms. The molecular formula is C15H13ClF3N3O. The summed E-state index contributed by atoms with van der Waals surface area (Å²) in [6.45, 7) is 1.67. The molecule has 1 N–H and O–H groups in total. The van der Waals surface area contributed by atoms with E-state index in [2.05, 4.69) is 15.3 Å². The van der Waals surface area contributed by atoms with Crippen LogP contribution < -0.4 is 5.32 Å². The van der Waals surface area contributed by atoms with Gasteiger partial charge in [0.15, 0.2) is 0 Å². The van der Waals surface area contributed by atoms with Crippen LogP contribution in [-0.2, 0) is 10.3 Å². The maximum atomic E-state index is 14.2. The van der Waals surface area contributed by atoms with Crippen LogP contribution in [0.3, 0.4) is 0 Å². The molecule has 1 aromatic heterocycles. The van der Waals surface area contributed by atoms with Gasteiger partial charge in [-0.15, -0.1) is 0 Å². The smallest absolute Gasteiger partial charge is 0.356 e. The number of anilines is 2. The van der Waals surface area contributed by atoms with Crippen LogP contribution >= 0.6 is 11.6 Å². The van der Waals surface area contributed by atoms with Crippen molar-refractivity contribution in [1.82, 2.24) is 9.97 Å². The van der Waals surface area contributed by atoms with Crippen molar-refractivity contribution in [2.45, 2.75) is 25.1 Å². The molecule has 1 atom stereocenters. The van der Waals surface area contributed by atoms with E-state index in [4.69, 9.17) is 16.3 Å². The number of rotatable bonds is 3. The van der Waals surface area contributed by atoms with Crippen molar-refractivity contribution >= 4 is 23.1 Å². The summed E-state index contributed by atoms with van der Waals surface area (Å²) in [4.78, 5) is 7.67. The molecule has 0 amide bonds. The first-order chi connectivity index (χ1) is 10.9. The van der Waals surface area contributed by atoms with Gasteiger partial charge in [0.2, 0.25) is 5.60 Å². The fourth-order valence-electron chi connectivity index (χ4n) is 2.67. The van der Waals surface area contributed by atoms with Gasteiger partial charge < -0.3 is 10.1 Å². The summed E-state index contributed by atoms with van der Waals surface area (Å²) in [6.07, 6.45) is -1.95. The van der Waals surface area contributed by atoms with Crippen molar-refractivity contribution in [2.75, 3.05) is 11.9 Å². The van der Waals surface area contributed by atoms with E-state index >= 15 is 0 Å². The normalized spacial score (nSPS) is 19.7. The van der Waals surface area contributed by atoms with Gasteiger partial charge in [0.05, 0.1) is 5.56 Å². The van der Waals surface area contributed by atoms with Gasteiger partial charge in [-0.1, -0.05) is 18.5 Å². The summed E-state index contributed by atoms with van der Waals surface area (Å²) in [5, 5.41) is 3.08. The molecule has 1 aromatic carbocycles. The van der Waals surface area contributed by atoms with Crippen LogP contribution in [0.4, 0.5) is 24.7 Å². The molecule has 23 heavy (non-hydrogen) atoms. The monoisotopic (exact) mass is 343 g/mol. The minimum Gasteiger partial charge on any atom is -0.356 e. The van der Waals surface area contributed by atoms with Gasteiger partial charge in [0.25, 0.3) is 0 Å². The zero-order valence-corrected chi connectivity index (χ0v) is 12.9. The Bertz CT molecular complexity index is 738. The molecule has 4 nitrogen and oxygen atoms in total. The van der Waals surface area contributed by atoms with Crippen LogP contribution in [0.15, 0.2) is 30.7 Å². The zero-order chi connectivity index (χ0) is 16.7. The molecule has 0 fully saturated rings. The van der Waals surface area contributed by atoms with Crippen molar-refractivity contribution in [3.05, 3.63) is 46.9 Å². The summed E-state index contributed by atoms with van der Waals surface area (Å²) >= 11 is 5.93. The SMILES string of the molecule is CCCOC1(C(F)(F)F)c2cc(Cl)ccc2Nc2ncncc21. The Morgan fingerprint density at radius 1 is 1.30 bits per heavy atom. The lowest BCUT2D eigenvalue weighted by Crippen LogP contribution is -2.48. The third-order valence-corrected chi connectivity index (χ3v) is 3.86. The number of halogens is 4. The highest BCUT2D eigenvalue weighted by Gasteiger charge is 2.62. The lowest BCUT2D eigenvalue weighted by Gasteiger charge is -2.41. The van der Waals surface area contributed by atoms with Crippen molar-refractivity contribution < 1.29 is 17.9 Å². The molecule has 3 rings (SSSR count). The first kappa shape index (κ1) is 16.0. The highest BCUT2D eigenvalue weighted by Crippen LogP contribution is 2.54. The molecule has 0 aliphatic carbocycles. The van der Waals surface area contributed by atoms with Gasteiger partial charge in [-0.25, -0.2) is 9.97 Å². The third kappa shape index (κ3) is 2.44. The number of fused-ring (bicyclic) bond motifs is 2. The zero-order valence-electron chi connectivity index (χ0n) is 12.1. The summed E-state index contributed by atoms with van der Waals surface area (Å²) in [5.74, 6) is 0.0725. The molecule has 2 heterocycles. The Labute approximate surface area is 135 Å². The fourth-order valence-corrected chi connectivity index (χ4v) is 2.85. The molecule has 122 valence electrons. The Balaban J connectivity index is 2.33. The Hall–Kier alpha value is -1.86. The topological polar surface area (TPSA) is 47.0 Å². The van der Waals surface area contributed by atoms with Gasteiger partial charge in [-0.3, -0.25) is 0 Å². The first-order valence-electron chi connectivity index (χ1n) is 6.98. The number of benzene rings is 1. The van der Waals surface area contributed by atoms with Gasteiger partial charge in [-0.2, -0.15) is 13.2 Å². The predicted octanol–water partition coefficient (Wildman–Crippen LogP) is 4.42. The maximum absolute atomic E-state index is 14.2. The summed E-state index contributed by atoms with van der Waals surface area (Å²) in [7, 11) is 0. The van der Waals surface area contributed by atoms with Crippen molar-refractivity contribution in [3.63, 3.8) is 0 Å². The minimum absolute atomic E-state index is 0.0696. The number of ether oxygens (including phenoxy) is 1. The van der Waals surface area contributed by atoms with Crippen molar-refractivity contribution in [3.8, 4) is 0 Å². The summed E-state index contributed by atoms with van der Waals surface area (Å²) in [5.41, 5.74) is -2.65. The number of aromatic nitrogens is 2. The maximum Gasteiger partial charge on any atom is 0.426 e. The average Bonchev–Trinajstić information content (AvgIpc) is 2.50. The van der Waals surface area contributed by atoms with E-state index in [1.807, 2.05) is 0 Å². The molecule has 1 unspecified atom stereocenters. The van der Waals surface area contributed by atoms with Crippen molar-refractivity contribution in [1.29, 1.82) is 0 Å². The third-order valence-electron chi connectivity index (χ3n) is 3.63. The first-order valence-corrected chi connectivity index (χ1v) is 7.36. The second-order valence-electron chi connectivity index (χ2n) is 5.13. The van der Waals surface area contributed by atoms with E-state index in [9.17, 15) is 13.2 Å². The second kappa shape index (κ2) is 5.65. The Morgan fingerprint density at radius 2 is 2.09 bits per heavy atom. The number of nitrogens with one attached hydrogen (secondary N) is 1. The van der Waals surface area contributed by atoms with E-state index in [0.29, 0.717) is 6.42 Å². The van der Waals surface area contributed by atoms with E-state index in [1.165, 1.54) is 24.5 Å². The number of nitrogens with zero attached hydrogens (tertiary/aromatic N) is 2. The van der Waals surface area contributed by atoms with Gasteiger partial charge in [0.1, 0.15) is 12.1 Å². The van der Waals surface area contributed by atoms with E-state index in [0.717, 1.165) is 6.20 Å². The molecule has 2 aromatic rings. The fraction of sp³-hybridized carbons (Fsp3) is 0.333. The predicted molar refractivity (Wildman–Crippen MR) is 79.8 cm³/mol. The van der Waals surface area contributed by atoms with Crippen LogP contribution in [0.5, 0.6) is 0 Å². The lowest BCUT2D eigenvalue weighted by atomic mass is 9.82. The van der Waals surface area contributed by atoms with E-state index < -0.39 is 11.8 Å². The average molecular weight is 344 g/mol. The quantitative estimate of drug-likeness (QED) is 0.896. The van der Waals surface area contributed by atoms with E-state index in [-0.39, 0.29) is 34.3 Å². The van der Waals surface area contributed by atoms with E-state index in [1.54, 1.807) is 6.92 Å². The van der Waals surface area contributed by atoms with Crippen molar-refractivity contribution in [2.24, 2.45) is 0 Å². The summed E-state index contributed by atoms with van der Waals surface area (Å²) < 4.78 is 47.9. The highest BCUT2D eigenvalue weighted by atomic mass is 35.5. The number of alkyl halides is 3. The standard InChI is InChI=1S/C15H13ClF3N3O/c1-2-5-23-14(15(17,18)19)10-6-9(16)3-4-12(10)22-13-11(14)7-20-8-21-13/h3-4,6-8H,2,5H2,1H3,(H,20,21,22). The Morgan fingerprint density at radius 3 is 2.78 bits per heavy atom. The lowest BCUT2D eigenvalue weighted by molar-refractivity contribution is -0.267. The summed E-state index contributed by atoms with van der Waals surface area (Å²) in [6, 6.07) is 4.27. The number of hydrogen-bond acceptors (Lipinski definition) is 4. The van der Waals surface area contributed by atoms with Gasteiger partial charge in [-0.05, 0) is 24.6 Å². The van der Waals surface area contributed by atoms with Crippen LogP contribution in [0.2, 0.25) is 5.02 Å². The highest BCUT2D eigenvalue weighted by molar-refractivity contribution is 6.30. The Kier molecular flexibility index (Phi) is 3.93. The molecule has 0 saturated carbocycles. The molecule has 0 bridgehead atoms. The largest absolute Gasteiger partial charge is 0.426 e. The molecule has 0 saturated heterocycles. The van der Waals surface area contributed by atoms with Gasteiger partial charge in [0, 0.05) is 29.1 Å². The molecule has 1 aliphatic rings. The molecule has 0 radical (unpaired) electrons. The van der Waals surface area contributed by atoms with Crippen LogP contribution in [-0.4, -0.2) is 22.8 Å². The van der Waals surface area contributed by atoms with Crippen LogP contribution in [0.25, 0.3) is 0 Å². The molecular weight excluding hydrogens is 331 g/mol. The minimum atomic E-state index is -4.71. The molecule has 1 aliphatic heterocycles. The van der Waals surface area contributed by atoms with Gasteiger partial charge >= 0.3 is 6.18 Å².